The molecule has 1 atom stereocenters. The van der Waals surface area contributed by atoms with Gasteiger partial charge in [0.1, 0.15) is 5.75 Å². The van der Waals surface area contributed by atoms with E-state index in [0.717, 1.165) is 51.5 Å². The van der Waals surface area contributed by atoms with Crippen molar-refractivity contribution in [3.05, 3.63) is 72.3 Å². The monoisotopic (exact) mass is 486 g/mol. The number of ether oxygens (including phenoxy) is 1. The van der Waals surface area contributed by atoms with Crippen molar-refractivity contribution in [1.29, 1.82) is 0 Å². The molecule has 0 spiro atoms. The lowest BCUT2D eigenvalue weighted by Crippen LogP contribution is -2.42. The van der Waals surface area contributed by atoms with Gasteiger partial charge in [0, 0.05) is 23.0 Å². The zero-order chi connectivity index (χ0) is 24.2. The van der Waals surface area contributed by atoms with Crippen LogP contribution in [-0.4, -0.2) is 54.9 Å². The topological polar surface area (TPSA) is 76.6 Å². The fraction of sp³-hybridized carbons (Fsp3) is 0.286. The minimum Gasteiger partial charge on any atom is -0.497 e. The zero-order valence-electron chi connectivity index (χ0n) is 19.5. The van der Waals surface area contributed by atoms with Gasteiger partial charge in [-0.3, -0.25) is 4.79 Å². The highest BCUT2D eigenvalue weighted by Gasteiger charge is 2.42. The van der Waals surface area contributed by atoms with E-state index in [1.54, 1.807) is 7.11 Å². The number of para-hydroxylation sites is 1. The molecule has 2 aliphatic rings. The van der Waals surface area contributed by atoms with Gasteiger partial charge in [0.15, 0.2) is 9.84 Å². The SMILES string of the molecule is COc1ccc2cc(-c3cc(C(=O)N(C4CC4)C4CCS(=O)(=O)C4)c4ccccc4n3)ccc2c1. The lowest BCUT2D eigenvalue weighted by Gasteiger charge is -2.29. The molecule has 1 unspecified atom stereocenters. The van der Waals surface area contributed by atoms with Gasteiger partial charge in [-0.05, 0) is 60.4 Å². The Kier molecular flexibility index (Phi) is 5.25. The number of pyridine rings is 1. The molecule has 0 bridgehead atoms. The van der Waals surface area contributed by atoms with Crippen LogP contribution < -0.4 is 4.74 Å². The molecule has 1 aromatic heterocycles. The first-order chi connectivity index (χ1) is 16.9. The molecule has 1 aliphatic carbocycles. The van der Waals surface area contributed by atoms with E-state index < -0.39 is 9.84 Å². The van der Waals surface area contributed by atoms with E-state index in [-0.39, 0.29) is 29.5 Å². The van der Waals surface area contributed by atoms with Crippen LogP contribution in [-0.2, 0) is 9.84 Å². The Bertz CT molecular complexity index is 1580. The van der Waals surface area contributed by atoms with Gasteiger partial charge in [-0.1, -0.05) is 36.4 Å². The average Bonchev–Trinajstić information content (AvgIpc) is 3.64. The van der Waals surface area contributed by atoms with Crippen molar-refractivity contribution < 1.29 is 17.9 Å². The number of aromatic nitrogens is 1. The average molecular weight is 487 g/mol. The molecular formula is C28H26N2O4S. The number of sulfone groups is 1. The maximum atomic E-state index is 14.0. The summed E-state index contributed by atoms with van der Waals surface area (Å²) in [5, 5.41) is 2.91. The summed E-state index contributed by atoms with van der Waals surface area (Å²) in [6, 6.07) is 21.4. The molecule has 1 saturated carbocycles. The quantitative estimate of drug-likeness (QED) is 0.403. The molecule has 6 nitrogen and oxygen atoms in total. The highest BCUT2D eigenvalue weighted by molar-refractivity contribution is 7.91. The number of hydrogen-bond donors (Lipinski definition) is 0. The lowest BCUT2D eigenvalue weighted by molar-refractivity contribution is 0.0683. The second-order valence-corrected chi connectivity index (χ2v) is 11.7. The Morgan fingerprint density at radius 3 is 2.46 bits per heavy atom. The van der Waals surface area contributed by atoms with Crippen molar-refractivity contribution in [2.75, 3.05) is 18.6 Å². The fourth-order valence-corrected chi connectivity index (χ4v) is 6.84. The Morgan fingerprint density at radius 1 is 0.943 bits per heavy atom. The summed E-state index contributed by atoms with van der Waals surface area (Å²) >= 11 is 0. The first kappa shape index (κ1) is 22.0. The minimum atomic E-state index is -3.10. The Labute approximate surface area is 204 Å². The van der Waals surface area contributed by atoms with E-state index in [0.29, 0.717) is 12.0 Å². The standard InChI is InChI=1S/C28H26N2O4S/c1-34-23-11-8-18-14-20(7-6-19(18)15-23)27-16-25(24-4-2-3-5-26(24)29-27)28(31)30(21-9-10-21)22-12-13-35(32,33)17-22/h2-8,11,14-16,21-22H,9-10,12-13,17H2,1H3. The molecule has 3 aromatic carbocycles. The predicted octanol–water partition coefficient (Wildman–Crippen LogP) is 4.86. The van der Waals surface area contributed by atoms with Gasteiger partial charge in [-0.15, -0.1) is 0 Å². The Hall–Kier alpha value is -3.45. The van der Waals surface area contributed by atoms with Crippen molar-refractivity contribution >= 4 is 37.4 Å². The molecule has 178 valence electrons. The first-order valence-electron chi connectivity index (χ1n) is 11.9. The molecule has 7 heteroatoms. The van der Waals surface area contributed by atoms with Gasteiger partial charge in [0.2, 0.25) is 0 Å². The second kappa shape index (κ2) is 8.34. The largest absolute Gasteiger partial charge is 0.497 e. The van der Waals surface area contributed by atoms with Crippen molar-refractivity contribution in [3.63, 3.8) is 0 Å². The molecule has 1 saturated heterocycles. The Morgan fingerprint density at radius 2 is 1.71 bits per heavy atom. The number of methoxy groups -OCH3 is 1. The summed E-state index contributed by atoms with van der Waals surface area (Å²) in [6.07, 6.45) is 2.35. The molecule has 2 fully saturated rings. The maximum Gasteiger partial charge on any atom is 0.255 e. The third-order valence-electron chi connectivity index (χ3n) is 7.07. The van der Waals surface area contributed by atoms with Gasteiger partial charge >= 0.3 is 0 Å². The highest BCUT2D eigenvalue weighted by Crippen LogP contribution is 2.36. The van der Waals surface area contributed by atoms with Gasteiger partial charge in [0.05, 0.1) is 35.4 Å². The molecule has 0 radical (unpaired) electrons. The second-order valence-electron chi connectivity index (χ2n) is 9.50. The van der Waals surface area contributed by atoms with Crippen molar-refractivity contribution in [2.45, 2.75) is 31.3 Å². The molecule has 0 N–H and O–H groups in total. The lowest BCUT2D eigenvalue weighted by atomic mass is 10.00. The zero-order valence-corrected chi connectivity index (χ0v) is 20.3. The van der Waals surface area contributed by atoms with Gasteiger partial charge < -0.3 is 9.64 Å². The molecule has 4 aromatic rings. The molecular weight excluding hydrogens is 460 g/mol. The van der Waals surface area contributed by atoms with Crippen molar-refractivity contribution in [2.24, 2.45) is 0 Å². The molecule has 1 amide bonds. The summed E-state index contributed by atoms with van der Waals surface area (Å²) < 4.78 is 29.7. The molecule has 6 rings (SSSR count). The predicted molar refractivity (Wildman–Crippen MR) is 137 cm³/mol. The summed E-state index contributed by atoms with van der Waals surface area (Å²) in [7, 11) is -1.44. The van der Waals surface area contributed by atoms with Crippen LogP contribution >= 0.6 is 0 Å². The number of hydrogen-bond acceptors (Lipinski definition) is 5. The number of amides is 1. The smallest absolute Gasteiger partial charge is 0.255 e. The van der Waals surface area contributed by atoms with Crippen LogP contribution in [0.4, 0.5) is 0 Å². The van der Waals surface area contributed by atoms with Crippen LogP contribution in [0.3, 0.4) is 0 Å². The van der Waals surface area contributed by atoms with Crippen LogP contribution in [0, 0.1) is 0 Å². The van der Waals surface area contributed by atoms with Crippen LogP contribution in [0.15, 0.2) is 66.7 Å². The third-order valence-corrected chi connectivity index (χ3v) is 8.82. The van der Waals surface area contributed by atoms with E-state index in [1.807, 2.05) is 65.6 Å². The van der Waals surface area contributed by atoms with Gasteiger partial charge in [-0.2, -0.15) is 0 Å². The number of nitrogens with zero attached hydrogens (tertiary/aromatic N) is 2. The van der Waals surface area contributed by atoms with Crippen LogP contribution in [0.25, 0.3) is 32.9 Å². The van der Waals surface area contributed by atoms with Gasteiger partial charge in [-0.25, -0.2) is 13.4 Å². The normalized spacial score (nSPS) is 19.2. The van der Waals surface area contributed by atoms with Crippen LogP contribution in [0.1, 0.15) is 29.6 Å². The number of benzene rings is 3. The summed E-state index contributed by atoms with van der Waals surface area (Å²) in [4.78, 5) is 20.7. The molecule has 35 heavy (non-hydrogen) atoms. The van der Waals surface area contributed by atoms with Crippen molar-refractivity contribution in [3.8, 4) is 17.0 Å². The first-order valence-corrected chi connectivity index (χ1v) is 13.7. The summed E-state index contributed by atoms with van der Waals surface area (Å²) in [5.41, 5.74) is 2.97. The Balaban J connectivity index is 1.45. The summed E-state index contributed by atoms with van der Waals surface area (Å²) in [5.74, 6) is 0.911. The number of carbonyl (C=O) groups is 1. The molecule has 1 aliphatic heterocycles. The minimum absolute atomic E-state index is 0.0548. The fourth-order valence-electron chi connectivity index (χ4n) is 5.13. The number of fused-ring (bicyclic) bond motifs is 2. The van der Waals surface area contributed by atoms with E-state index in [2.05, 4.69) is 6.07 Å². The van der Waals surface area contributed by atoms with E-state index >= 15 is 0 Å². The highest BCUT2D eigenvalue weighted by atomic mass is 32.2. The maximum absolute atomic E-state index is 14.0. The van der Waals surface area contributed by atoms with Gasteiger partial charge in [0.25, 0.3) is 5.91 Å². The third kappa shape index (κ3) is 4.14. The molecule has 2 heterocycles. The van der Waals surface area contributed by atoms with Crippen LogP contribution in [0.5, 0.6) is 5.75 Å². The summed E-state index contributed by atoms with van der Waals surface area (Å²) in [6.45, 7) is 0. The van der Waals surface area contributed by atoms with E-state index in [9.17, 15) is 13.2 Å². The van der Waals surface area contributed by atoms with Crippen molar-refractivity contribution in [1.82, 2.24) is 9.88 Å². The number of carbonyl (C=O) groups excluding carboxylic acids is 1. The van der Waals surface area contributed by atoms with Crippen LogP contribution in [0.2, 0.25) is 0 Å². The van der Waals surface area contributed by atoms with E-state index in [1.165, 1.54) is 0 Å². The van der Waals surface area contributed by atoms with E-state index in [4.69, 9.17) is 9.72 Å². The number of rotatable bonds is 5.